The van der Waals surface area contributed by atoms with E-state index in [0.29, 0.717) is 16.8 Å². The maximum Gasteiger partial charge on any atom is 0.349 e. The first-order chi connectivity index (χ1) is 13.4. The molecule has 7 heteroatoms. The van der Waals surface area contributed by atoms with Crippen LogP contribution in [0.25, 0.3) is 22.1 Å². The normalized spacial score (nSPS) is 11.0. The van der Waals surface area contributed by atoms with Gasteiger partial charge in [-0.1, -0.05) is 46.3 Å². The predicted octanol–water partition coefficient (Wildman–Crippen LogP) is 4.52. The van der Waals surface area contributed by atoms with E-state index in [4.69, 9.17) is 4.42 Å². The van der Waals surface area contributed by atoms with E-state index in [1.165, 1.54) is 0 Å². The number of rotatable bonds is 3. The monoisotopic (exact) mass is 437 g/mol. The molecule has 0 aliphatic heterocycles. The number of amides is 1. The van der Waals surface area contributed by atoms with Gasteiger partial charge in [0.25, 0.3) is 5.91 Å². The first-order valence-electron chi connectivity index (χ1n) is 8.58. The number of carbonyl (C=O) groups excluding carboxylic acids is 1. The van der Waals surface area contributed by atoms with Crippen molar-refractivity contribution in [2.75, 3.05) is 5.32 Å². The first kappa shape index (κ1) is 18.2. The summed E-state index contributed by atoms with van der Waals surface area (Å²) in [6.07, 6.45) is 0. The van der Waals surface area contributed by atoms with E-state index in [0.717, 1.165) is 21.3 Å². The third-order valence-electron chi connectivity index (χ3n) is 4.47. The molecule has 0 fully saturated rings. The summed E-state index contributed by atoms with van der Waals surface area (Å²) in [6.45, 7) is 1.87. The molecule has 0 spiro atoms. The summed E-state index contributed by atoms with van der Waals surface area (Å²) >= 11 is 3.42. The summed E-state index contributed by atoms with van der Waals surface area (Å²) in [6, 6.07) is 16.3. The van der Waals surface area contributed by atoms with Crippen LogP contribution in [0.3, 0.4) is 0 Å². The van der Waals surface area contributed by atoms with Crippen molar-refractivity contribution >= 4 is 38.6 Å². The molecule has 0 bridgehead atoms. The number of nitrogens with one attached hydrogen (secondary N) is 1. The Morgan fingerprint density at radius 3 is 2.61 bits per heavy atom. The molecule has 2 heterocycles. The van der Waals surface area contributed by atoms with Crippen molar-refractivity contribution in [3.8, 4) is 11.1 Å². The van der Waals surface area contributed by atoms with Crippen LogP contribution < -0.4 is 10.9 Å². The van der Waals surface area contributed by atoms with Crippen molar-refractivity contribution in [1.82, 2.24) is 9.78 Å². The molecule has 2 aromatic heterocycles. The van der Waals surface area contributed by atoms with Gasteiger partial charge in [0.05, 0.1) is 5.69 Å². The lowest BCUT2D eigenvalue weighted by Crippen LogP contribution is -2.22. The van der Waals surface area contributed by atoms with Crippen LogP contribution in [-0.4, -0.2) is 15.7 Å². The number of hydrogen-bond donors (Lipinski definition) is 1. The molecule has 0 atom stereocenters. The molecular formula is C21H16BrN3O3. The van der Waals surface area contributed by atoms with Gasteiger partial charge in [0, 0.05) is 22.5 Å². The molecule has 6 nitrogen and oxygen atoms in total. The number of nitrogens with zero attached hydrogens (tertiary/aromatic N) is 2. The SMILES string of the molecule is Cc1nn(C)c(NC(=O)c2cc3ccccc3oc2=O)c1-c1ccc(Br)cc1. The Hall–Kier alpha value is -3.19. The molecule has 28 heavy (non-hydrogen) atoms. The van der Waals surface area contributed by atoms with Crippen LogP contribution in [0.1, 0.15) is 16.1 Å². The minimum atomic E-state index is -0.680. The van der Waals surface area contributed by atoms with E-state index >= 15 is 0 Å². The minimum absolute atomic E-state index is 0.0562. The fourth-order valence-electron chi connectivity index (χ4n) is 3.16. The highest BCUT2D eigenvalue weighted by Crippen LogP contribution is 2.32. The second-order valence-corrected chi connectivity index (χ2v) is 7.29. The molecule has 140 valence electrons. The third kappa shape index (κ3) is 3.25. The van der Waals surface area contributed by atoms with Crippen LogP contribution in [0.4, 0.5) is 5.82 Å². The van der Waals surface area contributed by atoms with Gasteiger partial charge in [-0.25, -0.2) is 4.79 Å². The zero-order valence-electron chi connectivity index (χ0n) is 15.2. The number of anilines is 1. The number of halogens is 1. The smallest absolute Gasteiger partial charge is 0.349 e. The molecule has 0 aliphatic carbocycles. The van der Waals surface area contributed by atoms with E-state index in [-0.39, 0.29) is 5.56 Å². The average molecular weight is 438 g/mol. The Morgan fingerprint density at radius 1 is 1.14 bits per heavy atom. The minimum Gasteiger partial charge on any atom is -0.422 e. The summed E-state index contributed by atoms with van der Waals surface area (Å²) in [5.41, 5.74) is 2.18. The largest absolute Gasteiger partial charge is 0.422 e. The highest BCUT2D eigenvalue weighted by molar-refractivity contribution is 9.10. The van der Waals surface area contributed by atoms with Gasteiger partial charge < -0.3 is 9.73 Å². The summed E-state index contributed by atoms with van der Waals surface area (Å²) < 4.78 is 7.82. The molecule has 0 saturated heterocycles. The predicted molar refractivity (Wildman–Crippen MR) is 112 cm³/mol. The van der Waals surface area contributed by atoms with Gasteiger partial charge in [-0.05, 0) is 36.8 Å². The van der Waals surface area contributed by atoms with Crippen molar-refractivity contribution in [2.45, 2.75) is 6.92 Å². The summed E-state index contributed by atoms with van der Waals surface area (Å²) in [5, 5.41) is 7.92. The highest BCUT2D eigenvalue weighted by atomic mass is 79.9. The van der Waals surface area contributed by atoms with Crippen LogP contribution in [0.5, 0.6) is 0 Å². The number of fused-ring (bicyclic) bond motifs is 1. The Kier molecular flexibility index (Phi) is 4.60. The molecule has 0 unspecified atom stereocenters. The van der Waals surface area contributed by atoms with Gasteiger partial charge in [0.1, 0.15) is 17.0 Å². The summed E-state index contributed by atoms with van der Waals surface area (Å²) in [4.78, 5) is 25.2. The van der Waals surface area contributed by atoms with Crippen LogP contribution in [0.2, 0.25) is 0 Å². The van der Waals surface area contributed by atoms with Crippen LogP contribution in [0.15, 0.2) is 68.3 Å². The standard InChI is InChI=1S/C21H16BrN3O3/c1-12-18(13-7-9-15(22)10-8-13)19(25(2)24-12)23-20(26)16-11-14-5-3-4-6-17(14)28-21(16)27/h3-11H,1-2H3,(H,23,26). The number of benzene rings is 2. The fourth-order valence-corrected chi connectivity index (χ4v) is 3.42. The van der Waals surface area contributed by atoms with Crippen molar-refractivity contribution in [2.24, 2.45) is 7.05 Å². The lowest BCUT2D eigenvalue weighted by molar-refractivity contribution is 0.102. The van der Waals surface area contributed by atoms with Gasteiger partial charge in [-0.2, -0.15) is 5.10 Å². The van der Waals surface area contributed by atoms with Gasteiger partial charge in [-0.15, -0.1) is 0 Å². The Balaban J connectivity index is 1.76. The van der Waals surface area contributed by atoms with E-state index < -0.39 is 11.5 Å². The Bertz CT molecular complexity index is 1260. The van der Waals surface area contributed by atoms with Crippen molar-refractivity contribution in [3.63, 3.8) is 0 Å². The Morgan fingerprint density at radius 2 is 1.86 bits per heavy atom. The van der Waals surface area contributed by atoms with Crippen LogP contribution >= 0.6 is 15.9 Å². The van der Waals surface area contributed by atoms with Gasteiger partial charge in [-0.3, -0.25) is 9.48 Å². The topological polar surface area (TPSA) is 77.1 Å². The fraction of sp³-hybridized carbons (Fsp3) is 0.0952. The molecule has 2 aromatic carbocycles. The number of hydrogen-bond acceptors (Lipinski definition) is 4. The quantitative estimate of drug-likeness (QED) is 0.478. The van der Waals surface area contributed by atoms with Gasteiger partial charge in [0.2, 0.25) is 0 Å². The zero-order chi connectivity index (χ0) is 19.8. The lowest BCUT2D eigenvalue weighted by Gasteiger charge is -2.09. The lowest BCUT2D eigenvalue weighted by atomic mass is 10.1. The van der Waals surface area contributed by atoms with E-state index in [1.807, 2.05) is 37.3 Å². The number of aryl methyl sites for hydroxylation is 2. The number of aromatic nitrogens is 2. The molecular weight excluding hydrogens is 422 g/mol. The summed E-state index contributed by atoms with van der Waals surface area (Å²) in [5.74, 6) is -0.0294. The van der Waals surface area contributed by atoms with Gasteiger partial charge >= 0.3 is 5.63 Å². The molecule has 0 radical (unpaired) electrons. The van der Waals surface area contributed by atoms with Gasteiger partial charge in [0.15, 0.2) is 0 Å². The van der Waals surface area contributed by atoms with Crippen molar-refractivity contribution in [3.05, 3.63) is 80.7 Å². The molecule has 4 aromatic rings. The van der Waals surface area contributed by atoms with E-state index in [9.17, 15) is 9.59 Å². The zero-order valence-corrected chi connectivity index (χ0v) is 16.8. The highest BCUT2D eigenvalue weighted by Gasteiger charge is 2.20. The molecule has 1 amide bonds. The molecule has 4 rings (SSSR count). The maximum atomic E-state index is 12.9. The van der Waals surface area contributed by atoms with Crippen molar-refractivity contribution < 1.29 is 9.21 Å². The molecule has 0 aliphatic rings. The Labute approximate surface area is 168 Å². The molecule has 1 N–H and O–H groups in total. The average Bonchev–Trinajstić information content (AvgIpc) is 2.95. The summed E-state index contributed by atoms with van der Waals surface area (Å²) in [7, 11) is 1.74. The first-order valence-corrected chi connectivity index (χ1v) is 9.37. The van der Waals surface area contributed by atoms with Crippen LogP contribution in [0, 0.1) is 6.92 Å². The third-order valence-corrected chi connectivity index (χ3v) is 5.00. The van der Waals surface area contributed by atoms with E-state index in [1.54, 1.807) is 36.0 Å². The van der Waals surface area contributed by atoms with E-state index in [2.05, 4.69) is 26.3 Å². The molecule has 0 saturated carbocycles. The second-order valence-electron chi connectivity index (χ2n) is 6.38. The number of para-hydroxylation sites is 1. The second kappa shape index (κ2) is 7.09. The van der Waals surface area contributed by atoms with Crippen LogP contribution in [-0.2, 0) is 7.05 Å². The van der Waals surface area contributed by atoms with Crippen molar-refractivity contribution in [1.29, 1.82) is 0 Å². The maximum absolute atomic E-state index is 12.9. The number of carbonyl (C=O) groups is 1.